The number of ether oxygens (including phenoxy) is 2. The normalized spacial score (nSPS) is 22.3. The molecule has 180 valence electrons. The summed E-state index contributed by atoms with van der Waals surface area (Å²) >= 11 is 12.6. The Morgan fingerprint density at radius 2 is 1.63 bits per heavy atom. The molecule has 1 fully saturated rings. The lowest BCUT2D eigenvalue weighted by molar-refractivity contribution is -0.263. The second-order valence-electron chi connectivity index (χ2n) is 8.55. The van der Waals surface area contributed by atoms with Crippen LogP contribution >= 0.6 is 23.2 Å². The Labute approximate surface area is 213 Å². The van der Waals surface area contributed by atoms with Crippen LogP contribution in [0.3, 0.4) is 0 Å². The van der Waals surface area contributed by atoms with Gasteiger partial charge >= 0.3 is 0 Å². The first-order valence-corrected chi connectivity index (χ1v) is 12.1. The number of rotatable bonds is 6. The van der Waals surface area contributed by atoms with E-state index in [1.165, 1.54) is 0 Å². The van der Waals surface area contributed by atoms with Crippen molar-refractivity contribution in [2.75, 3.05) is 5.73 Å². The predicted molar refractivity (Wildman–Crippen MR) is 136 cm³/mol. The lowest BCUT2D eigenvalue weighted by Crippen LogP contribution is -2.39. The van der Waals surface area contributed by atoms with Crippen LogP contribution in [0.4, 0.5) is 5.69 Å². The van der Waals surface area contributed by atoms with Gasteiger partial charge in [-0.3, -0.25) is 0 Å². The highest BCUT2D eigenvalue weighted by molar-refractivity contribution is 6.40. The number of imidazole rings is 1. The monoisotopic (exact) mass is 509 g/mol. The number of hydrogen-bond donors (Lipinski definition) is 2. The number of hydrogen-bond acceptors (Lipinski definition) is 5. The molecule has 6 nitrogen and oxygen atoms in total. The van der Waals surface area contributed by atoms with Crippen molar-refractivity contribution in [1.29, 1.82) is 0 Å². The van der Waals surface area contributed by atoms with Crippen molar-refractivity contribution in [3.63, 3.8) is 0 Å². The summed E-state index contributed by atoms with van der Waals surface area (Å²) in [5.41, 5.74) is 10.4. The molecule has 8 heteroatoms. The first-order chi connectivity index (χ1) is 17.0. The van der Waals surface area contributed by atoms with Crippen LogP contribution in [0.2, 0.25) is 10.3 Å². The highest BCUT2D eigenvalue weighted by Gasteiger charge is 2.42. The topological polar surface area (TPSA) is 82.5 Å². The number of benzene rings is 3. The minimum atomic E-state index is -0.649. The van der Waals surface area contributed by atoms with E-state index < -0.39 is 6.29 Å². The number of aromatic nitrogens is 2. The highest BCUT2D eigenvalue weighted by atomic mass is 35.5. The lowest BCUT2D eigenvalue weighted by Gasteiger charge is -2.43. The molecule has 1 unspecified atom stereocenters. The van der Waals surface area contributed by atoms with Gasteiger partial charge in [-0.15, -0.1) is 0 Å². The van der Waals surface area contributed by atoms with Crippen molar-refractivity contribution in [2.45, 2.75) is 37.6 Å². The molecule has 4 aromatic rings. The third-order valence-electron chi connectivity index (χ3n) is 6.26. The number of nitrogens with zero attached hydrogens (tertiary/aromatic N) is 2. The van der Waals surface area contributed by atoms with Crippen LogP contribution in [0.5, 0.6) is 0 Å². The fraction of sp³-hybridized carbons (Fsp3) is 0.222. The third kappa shape index (κ3) is 5.08. The molecule has 4 atom stereocenters. The largest absolute Gasteiger partial charge is 0.399 e. The summed E-state index contributed by atoms with van der Waals surface area (Å²) in [6.07, 6.45) is 0.297. The average Bonchev–Trinajstić information content (AvgIpc) is 3.21. The van der Waals surface area contributed by atoms with Crippen molar-refractivity contribution < 1.29 is 14.6 Å². The molecular formula is C27H25Cl2N3O3. The van der Waals surface area contributed by atoms with Crippen molar-refractivity contribution in [3.05, 3.63) is 118 Å². The highest BCUT2D eigenvalue weighted by Crippen LogP contribution is 2.47. The summed E-state index contributed by atoms with van der Waals surface area (Å²) in [4.78, 5) is 4.13. The second-order valence-corrected chi connectivity index (χ2v) is 9.26. The van der Waals surface area contributed by atoms with Gasteiger partial charge in [0.1, 0.15) is 5.15 Å². The molecule has 1 saturated heterocycles. The SMILES string of the molecule is Nc1cccc(C2O[C@H](Cn3cnc(Cl)c3Cl)[C@@H](c3ccccc3)[C@H](c3ccc(CO)cc3)O2)c1. The summed E-state index contributed by atoms with van der Waals surface area (Å²) < 4.78 is 15.0. The van der Waals surface area contributed by atoms with Crippen LogP contribution in [0.15, 0.2) is 85.2 Å². The molecule has 0 spiro atoms. The Kier molecular flexibility index (Phi) is 7.09. The Morgan fingerprint density at radius 3 is 2.29 bits per heavy atom. The first kappa shape index (κ1) is 23.9. The average molecular weight is 510 g/mol. The van der Waals surface area contributed by atoms with Crippen LogP contribution in [-0.2, 0) is 22.6 Å². The van der Waals surface area contributed by atoms with Crippen molar-refractivity contribution in [3.8, 4) is 0 Å². The fourth-order valence-corrected chi connectivity index (χ4v) is 4.85. The van der Waals surface area contributed by atoms with Crippen LogP contribution in [-0.4, -0.2) is 20.8 Å². The van der Waals surface area contributed by atoms with Gasteiger partial charge in [-0.1, -0.05) is 89.9 Å². The maximum atomic E-state index is 9.52. The van der Waals surface area contributed by atoms with Gasteiger partial charge in [-0.2, -0.15) is 0 Å². The van der Waals surface area contributed by atoms with E-state index in [0.29, 0.717) is 17.4 Å². The van der Waals surface area contributed by atoms with E-state index in [9.17, 15) is 5.11 Å². The molecule has 1 aromatic heterocycles. The molecule has 5 rings (SSSR count). The molecular weight excluding hydrogens is 485 g/mol. The van der Waals surface area contributed by atoms with Crippen LogP contribution in [0.1, 0.15) is 40.6 Å². The number of aliphatic hydroxyl groups excluding tert-OH is 1. The predicted octanol–water partition coefficient (Wildman–Crippen LogP) is 5.90. The van der Waals surface area contributed by atoms with Crippen LogP contribution in [0.25, 0.3) is 0 Å². The summed E-state index contributed by atoms with van der Waals surface area (Å²) in [5.74, 6) is -0.161. The van der Waals surface area contributed by atoms with E-state index in [1.54, 1.807) is 10.9 Å². The third-order valence-corrected chi connectivity index (χ3v) is 7.03. The van der Waals surface area contributed by atoms with E-state index in [4.69, 9.17) is 38.4 Å². The minimum absolute atomic E-state index is 0.0224. The van der Waals surface area contributed by atoms with Gasteiger partial charge in [0.25, 0.3) is 0 Å². The maximum absolute atomic E-state index is 9.52. The molecule has 0 saturated carbocycles. The van der Waals surface area contributed by atoms with Crippen molar-refractivity contribution in [2.24, 2.45) is 0 Å². The molecule has 3 N–H and O–H groups in total. The zero-order valence-electron chi connectivity index (χ0n) is 18.8. The number of halogens is 2. The fourth-order valence-electron chi connectivity index (χ4n) is 4.53. The Balaban J connectivity index is 1.60. The molecule has 2 heterocycles. The number of anilines is 1. The Bertz CT molecular complexity index is 1280. The minimum Gasteiger partial charge on any atom is -0.399 e. The second kappa shape index (κ2) is 10.4. The zero-order valence-corrected chi connectivity index (χ0v) is 20.3. The van der Waals surface area contributed by atoms with E-state index in [2.05, 4.69) is 17.1 Å². The van der Waals surface area contributed by atoms with Crippen molar-refractivity contribution in [1.82, 2.24) is 9.55 Å². The summed E-state index contributed by atoms with van der Waals surface area (Å²) in [6, 6.07) is 25.4. The molecule has 1 aliphatic rings. The Hall–Kier alpha value is -2.87. The Morgan fingerprint density at radius 1 is 0.886 bits per heavy atom. The molecule has 0 aliphatic carbocycles. The smallest absolute Gasteiger partial charge is 0.185 e. The molecule has 1 aliphatic heterocycles. The van der Waals surface area contributed by atoms with Gasteiger partial charge in [0, 0.05) is 17.2 Å². The molecule has 0 bridgehead atoms. The molecule has 3 aromatic carbocycles. The number of nitrogen functional groups attached to an aromatic ring is 1. The maximum Gasteiger partial charge on any atom is 0.185 e. The number of aliphatic hydroxyl groups is 1. The molecule has 0 amide bonds. The van der Waals surface area contributed by atoms with Crippen LogP contribution < -0.4 is 5.73 Å². The zero-order chi connectivity index (χ0) is 24.4. The van der Waals surface area contributed by atoms with E-state index in [0.717, 1.165) is 22.3 Å². The molecule has 0 radical (unpaired) electrons. The summed E-state index contributed by atoms with van der Waals surface area (Å²) in [6.45, 7) is 0.400. The van der Waals surface area contributed by atoms with Gasteiger partial charge in [-0.05, 0) is 28.8 Å². The lowest BCUT2D eigenvalue weighted by atomic mass is 9.83. The van der Waals surface area contributed by atoms with E-state index in [1.807, 2.05) is 66.7 Å². The quantitative estimate of drug-likeness (QED) is 0.316. The summed E-state index contributed by atoms with van der Waals surface area (Å²) in [7, 11) is 0. The first-order valence-electron chi connectivity index (χ1n) is 11.3. The van der Waals surface area contributed by atoms with E-state index in [-0.39, 0.29) is 29.9 Å². The van der Waals surface area contributed by atoms with Crippen LogP contribution in [0, 0.1) is 0 Å². The number of nitrogens with two attached hydrogens (primary N) is 1. The van der Waals surface area contributed by atoms with Gasteiger partial charge in [0.2, 0.25) is 0 Å². The standard InChI is InChI=1S/C27H25Cl2N3O3/c28-25-26(29)32(16-31-25)14-22-23(18-5-2-1-3-6-18)24(19-11-9-17(15-33)10-12-19)35-27(34-22)20-7-4-8-21(30)13-20/h1-13,16,22-24,27,33H,14-15,30H2/t22-,23-,24+,27?/m1/s1. The molecule has 35 heavy (non-hydrogen) atoms. The van der Waals surface area contributed by atoms with Gasteiger partial charge in [0.05, 0.1) is 31.7 Å². The van der Waals surface area contributed by atoms with E-state index >= 15 is 0 Å². The van der Waals surface area contributed by atoms with Crippen molar-refractivity contribution >= 4 is 28.9 Å². The van der Waals surface area contributed by atoms with Gasteiger partial charge < -0.3 is 24.9 Å². The van der Waals surface area contributed by atoms with Gasteiger partial charge in [0.15, 0.2) is 11.4 Å². The van der Waals surface area contributed by atoms with Gasteiger partial charge in [-0.25, -0.2) is 4.98 Å². The summed E-state index contributed by atoms with van der Waals surface area (Å²) in [5, 5.41) is 10.1.